The number of urea groups is 1. The number of likely N-dealkylation sites (tertiary alicyclic amines) is 1. The molecule has 1 aromatic carbocycles. The number of carbonyl (C=O) groups excluding carboxylic acids is 2. The van der Waals surface area contributed by atoms with E-state index in [-0.39, 0.29) is 18.0 Å². The zero-order valence-corrected chi connectivity index (χ0v) is 15.6. The highest BCUT2D eigenvalue weighted by Crippen LogP contribution is 2.27. The number of nitrogens with zero attached hydrogens (tertiary/aromatic N) is 2. The highest BCUT2D eigenvalue weighted by Gasteiger charge is 2.31. The average Bonchev–Trinajstić information content (AvgIpc) is 2.74. The van der Waals surface area contributed by atoms with Crippen LogP contribution in [0.4, 0.5) is 4.79 Å². The number of piperidine rings is 1. The molecule has 4 rings (SSSR count). The first-order chi connectivity index (χ1) is 13.2. The van der Waals surface area contributed by atoms with E-state index in [0.717, 1.165) is 30.6 Å². The lowest BCUT2D eigenvalue weighted by Gasteiger charge is -2.37. The van der Waals surface area contributed by atoms with Gasteiger partial charge in [0.25, 0.3) is 5.91 Å². The van der Waals surface area contributed by atoms with Gasteiger partial charge in [-0.3, -0.25) is 4.79 Å². The SMILES string of the molecule is O=C(NC1CCN(C(=O)N2CCOCC2)CC1)[C@H]1CCc2ccccc2O1. The Bertz CT molecular complexity index is 682. The highest BCUT2D eigenvalue weighted by molar-refractivity contribution is 5.82. The van der Waals surface area contributed by atoms with Crippen LogP contribution in [0.25, 0.3) is 0 Å². The van der Waals surface area contributed by atoms with E-state index in [0.29, 0.717) is 45.8 Å². The lowest BCUT2D eigenvalue weighted by atomic mass is 10.0. The fraction of sp³-hybridized carbons (Fsp3) is 0.600. The minimum Gasteiger partial charge on any atom is -0.480 e. The van der Waals surface area contributed by atoms with Crippen LogP contribution in [0.5, 0.6) is 5.75 Å². The summed E-state index contributed by atoms with van der Waals surface area (Å²) < 4.78 is 11.2. The summed E-state index contributed by atoms with van der Waals surface area (Å²) in [6.07, 6.45) is 2.71. The summed E-state index contributed by atoms with van der Waals surface area (Å²) in [4.78, 5) is 28.9. The predicted octanol–water partition coefficient (Wildman–Crippen LogP) is 1.41. The number of para-hydroxylation sites is 1. The van der Waals surface area contributed by atoms with Crippen molar-refractivity contribution in [2.24, 2.45) is 0 Å². The van der Waals surface area contributed by atoms with Gasteiger partial charge < -0.3 is 24.6 Å². The first kappa shape index (κ1) is 18.1. The van der Waals surface area contributed by atoms with Crippen molar-refractivity contribution in [2.45, 2.75) is 37.8 Å². The van der Waals surface area contributed by atoms with E-state index in [1.54, 1.807) is 0 Å². The average molecular weight is 373 g/mol. The molecule has 2 fully saturated rings. The molecule has 0 radical (unpaired) electrons. The van der Waals surface area contributed by atoms with Gasteiger partial charge in [0.1, 0.15) is 5.75 Å². The van der Waals surface area contributed by atoms with Crippen LogP contribution in [-0.4, -0.2) is 73.3 Å². The van der Waals surface area contributed by atoms with Gasteiger partial charge in [0.15, 0.2) is 6.10 Å². The van der Waals surface area contributed by atoms with E-state index < -0.39 is 6.10 Å². The standard InChI is InChI=1S/C20H27N3O4/c24-19(18-6-5-15-3-1-2-4-17(15)27-18)21-16-7-9-22(10-8-16)20(25)23-11-13-26-14-12-23/h1-4,16,18H,5-14H2,(H,21,24)/t18-/m1/s1. The number of aryl methyl sites for hydroxylation is 1. The van der Waals surface area contributed by atoms with Crippen molar-refractivity contribution in [1.82, 2.24) is 15.1 Å². The molecule has 3 amide bonds. The van der Waals surface area contributed by atoms with Crippen LogP contribution in [0, 0.1) is 0 Å². The first-order valence-corrected chi connectivity index (χ1v) is 9.87. The molecule has 1 aromatic rings. The molecular weight excluding hydrogens is 346 g/mol. The maximum atomic E-state index is 12.6. The van der Waals surface area contributed by atoms with Crippen molar-refractivity contribution in [2.75, 3.05) is 39.4 Å². The summed E-state index contributed by atoms with van der Waals surface area (Å²) in [5.74, 6) is 0.775. The van der Waals surface area contributed by atoms with Gasteiger partial charge in [-0.1, -0.05) is 18.2 Å². The molecule has 0 unspecified atom stereocenters. The molecule has 7 nitrogen and oxygen atoms in total. The van der Waals surface area contributed by atoms with Crippen LogP contribution in [0.15, 0.2) is 24.3 Å². The van der Waals surface area contributed by atoms with E-state index in [4.69, 9.17) is 9.47 Å². The lowest BCUT2D eigenvalue weighted by molar-refractivity contribution is -0.129. The van der Waals surface area contributed by atoms with Crippen LogP contribution in [0.3, 0.4) is 0 Å². The van der Waals surface area contributed by atoms with Gasteiger partial charge in [-0.25, -0.2) is 4.79 Å². The normalized spacial score (nSPS) is 23.3. The third-order valence-corrected chi connectivity index (χ3v) is 5.60. The second kappa shape index (κ2) is 8.17. The zero-order valence-electron chi connectivity index (χ0n) is 15.6. The Morgan fingerprint density at radius 1 is 0.963 bits per heavy atom. The molecule has 1 N–H and O–H groups in total. The second-order valence-electron chi connectivity index (χ2n) is 7.40. The Morgan fingerprint density at radius 3 is 2.44 bits per heavy atom. The largest absolute Gasteiger partial charge is 0.480 e. The molecule has 0 bridgehead atoms. The Kier molecular flexibility index (Phi) is 5.48. The molecule has 1 atom stereocenters. The number of nitrogens with one attached hydrogen (secondary N) is 1. The van der Waals surface area contributed by atoms with Crippen molar-refractivity contribution in [1.29, 1.82) is 0 Å². The van der Waals surface area contributed by atoms with E-state index in [1.165, 1.54) is 0 Å². The third kappa shape index (κ3) is 4.18. The summed E-state index contributed by atoms with van der Waals surface area (Å²) in [6, 6.07) is 8.09. The summed E-state index contributed by atoms with van der Waals surface area (Å²) in [7, 11) is 0. The number of rotatable bonds is 2. The molecule has 3 heterocycles. The van der Waals surface area contributed by atoms with Gasteiger partial charge in [-0.15, -0.1) is 0 Å². The smallest absolute Gasteiger partial charge is 0.320 e. The molecule has 0 saturated carbocycles. The van der Waals surface area contributed by atoms with E-state index in [9.17, 15) is 9.59 Å². The van der Waals surface area contributed by atoms with E-state index in [1.807, 2.05) is 34.1 Å². The van der Waals surface area contributed by atoms with Gasteiger partial charge in [-0.05, 0) is 37.3 Å². The molecule has 3 aliphatic heterocycles. The molecule has 3 aliphatic rings. The number of hydrogen-bond acceptors (Lipinski definition) is 4. The summed E-state index contributed by atoms with van der Waals surface area (Å²) >= 11 is 0. The Morgan fingerprint density at radius 2 is 1.67 bits per heavy atom. The van der Waals surface area contributed by atoms with Crippen molar-refractivity contribution < 1.29 is 19.1 Å². The van der Waals surface area contributed by atoms with Gasteiger partial charge in [0, 0.05) is 32.2 Å². The van der Waals surface area contributed by atoms with E-state index in [2.05, 4.69) is 5.32 Å². The number of hydrogen-bond donors (Lipinski definition) is 1. The zero-order chi connectivity index (χ0) is 18.6. The monoisotopic (exact) mass is 373 g/mol. The Labute approximate surface area is 159 Å². The van der Waals surface area contributed by atoms with Crippen LogP contribution in [0.2, 0.25) is 0 Å². The van der Waals surface area contributed by atoms with Gasteiger partial charge in [0.2, 0.25) is 0 Å². The lowest BCUT2D eigenvalue weighted by Crippen LogP contribution is -2.54. The molecule has 27 heavy (non-hydrogen) atoms. The molecule has 2 saturated heterocycles. The van der Waals surface area contributed by atoms with Crippen molar-refractivity contribution in [3.05, 3.63) is 29.8 Å². The number of amides is 3. The van der Waals surface area contributed by atoms with Gasteiger partial charge in [0.05, 0.1) is 13.2 Å². The number of carbonyl (C=O) groups is 2. The molecule has 7 heteroatoms. The molecule has 0 aliphatic carbocycles. The van der Waals surface area contributed by atoms with Crippen LogP contribution in [0.1, 0.15) is 24.8 Å². The predicted molar refractivity (Wildman–Crippen MR) is 99.7 cm³/mol. The molecule has 146 valence electrons. The van der Waals surface area contributed by atoms with Crippen molar-refractivity contribution in [3.8, 4) is 5.75 Å². The second-order valence-corrected chi connectivity index (χ2v) is 7.40. The number of benzene rings is 1. The third-order valence-electron chi connectivity index (χ3n) is 5.60. The van der Waals surface area contributed by atoms with Crippen molar-refractivity contribution >= 4 is 11.9 Å². The van der Waals surface area contributed by atoms with Crippen molar-refractivity contribution in [3.63, 3.8) is 0 Å². The van der Waals surface area contributed by atoms with Gasteiger partial charge in [-0.2, -0.15) is 0 Å². The minimum absolute atomic E-state index is 0.0394. The molecular formula is C20H27N3O4. The fourth-order valence-electron chi connectivity index (χ4n) is 3.97. The highest BCUT2D eigenvalue weighted by atomic mass is 16.5. The van der Waals surface area contributed by atoms with Crippen LogP contribution < -0.4 is 10.1 Å². The quantitative estimate of drug-likeness (QED) is 0.851. The number of ether oxygens (including phenoxy) is 2. The Balaban J connectivity index is 1.24. The Hall–Kier alpha value is -2.28. The summed E-state index contributed by atoms with van der Waals surface area (Å²) in [5, 5.41) is 3.12. The molecule has 0 aromatic heterocycles. The fourth-order valence-corrected chi connectivity index (χ4v) is 3.97. The van der Waals surface area contributed by atoms with Gasteiger partial charge >= 0.3 is 6.03 Å². The maximum Gasteiger partial charge on any atom is 0.320 e. The number of morpholine rings is 1. The first-order valence-electron chi connectivity index (χ1n) is 9.87. The van der Waals surface area contributed by atoms with Crippen LogP contribution in [-0.2, 0) is 16.0 Å². The minimum atomic E-state index is -0.423. The molecule has 0 spiro atoms. The van der Waals surface area contributed by atoms with E-state index >= 15 is 0 Å². The maximum absolute atomic E-state index is 12.6. The van der Waals surface area contributed by atoms with Crippen LogP contribution >= 0.6 is 0 Å². The topological polar surface area (TPSA) is 71.1 Å². The number of fused-ring (bicyclic) bond motifs is 1. The summed E-state index contributed by atoms with van der Waals surface area (Å²) in [6.45, 7) is 3.91. The summed E-state index contributed by atoms with van der Waals surface area (Å²) in [5.41, 5.74) is 1.16.